The van der Waals surface area contributed by atoms with E-state index in [1.54, 1.807) is 25.6 Å². The zero-order valence-electron chi connectivity index (χ0n) is 11.7. The van der Waals surface area contributed by atoms with Gasteiger partial charge in [-0.2, -0.15) is 0 Å². The molecule has 1 aromatic rings. The topological polar surface area (TPSA) is 63.2 Å². The average molecular weight is 401 g/mol. The Kier molecular flexibility index (Phi) is 9.40. The molecule has 0 aromatic carbocycles. The summed E-state index contributed by atoms with van der Waals surface area (Å²) in [6.45, 7) is 2.13. The van der Waals surface area contributed by atoms with E-state index < -0.39 is 0 Å². The molecule has 5 nitrogen and oxygen atoms in total. The van der Waals surface area contributed by atoms with Gasteiger partial charge in [0.25, 0.3) is 5.91 Å². The molecular weight excluding hydrogens is 381 g/mol. The predicted molar refractivity (Wildman–Crippen MR) is 90.6 cm³/mol. The standard InChI is InChI=1S/C13H18BrN3O2.2ClH/c1-19-9-13(3-2-4-17-13)8-16-12(18)10-5-11(14)7-15-6-10;;/h5-7,17H,2-4,8-9H2,1H3,(H,16,18);2*1H. The summed E-state index contributed by atoms with van der Waals surface area (Å²) in [6.07, 6.45) is 5.34. The van der Waals surface area contributed by atoms with Crippen LogP contribution in [0, 0.1) is 0 Å². The Morgan fingerprint density at radius 2 is 2.29 bits per heavy atom. The van der Waals surface area contributed by atoms with Crippen LogP contribution in [0.5, 0.6) is 0 Å². The fourth-order valence-corrected chi connectivity index (χ4v) is 2.72. The fraction of sp³-hybridized carbons (Fsp3) is 0.538. The Bertz CT molecular complexity index is 457. The van der Waals surface area contributed by atoms with Gasteiger partial charge in [-0.1, -0.05) is 0 Å². The van der Waals surface area contributed by atoms with Gasteiger partial charge in [0.15, 0.2) is 0 Å². The highest BCUT2D eigenvalue weighted by atomic mass is 79.9. The van der Waals surface area contributed by atoms with E-state index in [1.165, 1.54) is 0 Å². The number of amides is 1. The van der Waals surface area contributed by atoms with Gasteiger partial charge in [-0.3, -0.25) is 9.78 Å². The van der Waals surface area contributed by atoms with Gasteiger partial charge < -0.3 is 15.4 Å². The summed E-state index contributed by atoms with van der Waals surface area (Å²) < 4.78 is 6.05. The van der Waals surface area contributed by atoms with Crippen LogP contribution in [-0.2, 0) is 4.74 Å². The van der Waals surface area contributed by atoms with Crippen molar-refractivity contribution in [2.45, 2.75) is 18.4 Å². The lowest BCUT2D eigenvalue weighted by molar-refractivity contribution is 0.0892. The van der Waals surface area contributed by atoms with Crippen molar-refractivity contribution >= 4 is 46.7 Å². The molecule has 1 fully saturated rings. The monoisotopic (exact) mass is 399 g/mol. The molecule has 1 aromatic heterocycles. The van der Waals surface area contributed by atoms with Crippen molar-refractivity contribution in [3.8, 4) is 0 Å². The molecule has 1 aliphatic rings. The highest BCUT2D eigenvalue weighted by Crippen LogP contribution is 2.19. The summed E-state index contributed by atoms with van der Waals surface area (Å²) in [5.41, 5.74) is 0.420. The summed E-state index contributed by atoms with van der Waals surface area (Å²) >= 11 is 3.31. The summed E-state index contributed by atoms with van der Waals surface area (Å²) in [4.78, 5) is 16.1. The van der Waals surface area contributed by atoms with Crippen LogP contribution in [0.2, 0.25) is 0 Å². The Labute approximate surface area is 145 Å². The van der Waals surface area contributed by atoms with E-state index in [2.05, 4.69) is 31.5 Å². The minimum atomic E-state index is -0.135. The Balaban J connectivity index is 0.00000200. The van der Waals surface area contributed by atoms with E-state index in [9.17, 15) is 4.79 Å². The van der Waals surface area contributed by atoms with Crippen LogP contribution in [0.3, 0.4) is 0 Å². The molecule has 0 radical (unpaired) electrons. The molecule has 0 saturated carbocycles. The van der Waals surface area contributed by atoms with Gasteiger partial charge in [0, 0.05) is 30.5 Å². The highest BCUT2D eigenvalue weighted by Gasteiger charge is 2.33. The molecule has 0 aliphatic carbocycles. The van der Waals surface area contributed by atoms with Gasteiger partial charge in [-0.25, -0.2) is 0 Å². The summed E-state index contributed by atoms with van der Waals surface area (Å²) in [5.74, 6) is -0.113. The number of halogens is 3. The number of nitrogens with one attached hydrogen (secondary N) is 2. The minimum absolute atomic E-state index is 0. The largest absolute Gasteiger partial charge is 0.383 e. The van der Waals surface area contributed by atoms with Gasteiger partial charge in [-0.05, 0) is 41.4 Å². The number of carbonyl (C=O) groups excluding carboxylic acids is 1. The third-order valence-electron chi connectivity index (χ3n) is 3.31. The van der Waals surface area contributed by atoms with Crippen LogP contribution in [0.1, 0.15) is 23.2 Å². The Morgan fingerprint density at radius 1 is 1.52 bits per heavy atom. The van der Waals surface area contributed by atoms with Crippen molar-refractivity contribution in [1.29, 1.82) is 0 Å². The second-order valence-electron chi connectivity index (χ2n) is 4.82. The highest BCUT2D eigenvalue weighted by molar-refractivity contribution is 9.10. The van der Waals surface area contributed by atoms with Crippen molar-refractivity contribution in [3.05, 3.63) is 28.5 Å². The third kappa shape index (κ3) is 5.71. The van der Waals surface area contributed by atoms with Crippen LogP contribution in [0.25, 0.3) is 0 Å². The second kappa shape index (κ2) is 9.58. The van der Waals surface area contributed by atoms with Crippen LogP contribution in [0.4, 0.5) is 0 Å². The van der Waals surface area contributed by atoms with Crippen LogP contribution in [-0.4, -0.2) is 43.2 Å². The molecule has 0 spiro atoms. The minimum Gasteiger partial charge on any atom is -0.383 e. The number of ether oxygens (including phenoxy) is 1. The Hall–Kier alpha value is -0.400. The number of aromatic nitrogens is 1. The van der Waals surface area contributed by atoms with Crippen LogP contribution >= 0.6 is 40.7 Å². The van der Waals surface area contributed by atoms with E-state index >= 15 is 0 Å². The molecule has 2 N–H and O–H groups in total. The Morgan fingerprint density at radius 3 is 2.86 bits per heavy atom. The number of hydrogen-bond acceptors (Lipinski definition) is 4. The fourth-order valence-electron chi connectivity index (χ4n) is 2.36. The van der Waals surface area contributed by atoms with Crippen molar-refractivity contribution in [1.82, 2.24) is 15.6 Å². The lowest BCUT2D eigenvalue weighted by Crippen LogP contribution is -2.53. The maximum atomic E-state index is 12.1. The van der Waals surface area contributed by atoms with Gasteiger partial charge in [-0.15, -0.1) is 24.8 Å². The van der Waals surface area contributed by atoms with E-state index in [0.29, 0.717) is 18.7 Å². The summed E-state index contributed by atoms with van der Waals surface area (Å²) in [5, 5.41) is 6.38. The molecule has 1 amide bonds. The molecule has 21 heavy (non-hydrogen) atoms. The first kappa shape index (κ1) is 20.6. The molecule has 0 bridgehead atoms. The second-order valence-corrected chi connectivity index (χ2v) is 5.73. The van der Waals surface area contributed by atoms with Crippen molar-refractivity contribution < 1.29 is 9.53 Å². The van der Waals surface area contributed by atoms with Crippen molar-refractivity contribution in [3.63, 3.8) is 0 Å². The van der Waals surface area contributed by atoms with Gasteiger partial charge in [0.1, 0.15) is 0 Å². The SMILES string of the molecule is COCC1(CNC(=O)c2cncc(Br)c2)CCCN1.Cl.Cl. The van der Waals surface area contributed by atoms with E-state index in [4.69, 9.17) is 4.74 Å². The van der Waals surface area contributed by atoms with E-state index in [1.807, 2.05) is 0 Å². The smallest absolute Gasteiger partial charge is 0.252 e. The maximum absolute atomic E-state index is 12.1. The number of methoxy groups -OCH3 is 1. The van der Waals surface area contributed by atoms with Crippen LogP contribution < -0.4 is 10.6 Å². The molecule has 120 valence electrons. The molecule has 1 unspecified atom stereocenters. The zero-order valence-corrected chi connectivity index (χ0v) is 14.9. The first-order chi connectivity index (χ1) is 9.15. The summed E-state index contributed by atoms with van der Waals surface area (Å²) in [7, 11) is 1.68. The molecule has 2 rings (SSSR count). The number of hydrogen-bond donors (Lipinski definition) is 2. The predicted octanol–water partition coefficient (Wildman–Crippen LogP) is 2.19. The molecule has 1 atom stereocenters. The van der Waals surface area contributed by atoms with Gasteiger partial charge in [0.2, 0.25) is 0 Å². The number of nitrogens with zero attached hydrogens (tertiary/aromatic N) is 1. The van der Waals surface area contributed by atoms with Gasteiger partial charge in [0.05, 0.1) is 17.7 Å². The number of rotatable bonds is 5. The molecule has 2 heterocycles. The molecule has 1 aliphatic heterocycles. The lowest BCUT2D eigenvalue weighted by atomic mass is 9.98. The quantitative estimate of drug-likeness (QED) is 0.795. The third-order valence-corrected chi connectivity index (χ3v) is 3.74. The normalized spacial score (nSPS) is 20.3. The maximum Gasteiger partial charge on any atom is 0.252 e. The summed E-state index contributed by atoms with van der Waals surface area (Å²) in [6, 6.07) is 1.76. The van der Waals surface area contributed by atoms with Crippen molar-refractivity contribution in [2.75, 3.05) is 26.8 Å². The average Bonchev–Trinajstić information content (AvgIpc) is 2.85. The number of carbonyl (C=O) groups is 1. The molecular formula is C13H20BrCl2N3O2. The number of pyridine rings is 1. The van der Waals surface area contributed by atoms with E-state index in [-0.39, 0.29) is 36.3 Å². The first-order valence-corrected chi connectivity index (χ1v) is 7.07. The van der Waals surface area contributed by atoms with Gasteiger partial charge >= 0.3 is 0 Å². The van der Waals surface area contributed by atoms with Crippen LogP contribution in [0.15, 0.2) is 22.9 Å². The first-order valence-electron chi connectivity index (χ1n) is 6.28. The molecule has 1 saturated heterocycles. The van der Waals surface area contributed by atoms with Crippen molar-refractivity contribution in [2.24, 2.45) is 0 Å². The molecule has 8 heteroatoms. The zero-order chi connectivity index (χ0) is 13.7. The van der Waals surface area contributed by atoms with E-state index in [0.717, 1.165) is 23.9 Å². The lowest BCUT2D eigenvalue weighted by Gasteiger charge is -2.28.